The summed E-state index contributed by atoms with van der Waals surface area (Å²) in [5.74, 6) is 0.351. The van der Waals surface area contributed by atoms with Crippen LogP contribution in [0, 0.1) is 0 Å². The van der Waals surface area contributed by atoms with Crippen molar-refractivity contribution in [2.45, 2.75) is 20.0 Å². The molecule has 0 aliphatic carbocycles. The first kappa shape index (κ1) is 12.0. The number of carboxylic acids is 1. The Morgan fingerprint density at radius 3 is 2.89 bits per heavy atom. The Balaban J connectivity index is 1.95. The number of hydrogen-bond donors (Lipinski definition) is 1. The van der Waals surface area contributed by atoms with Gasteiger partial charge in [0.25, 0.3) is 5.89 Å². The quantitative estimate of drug-likeness (QED) is 0.852. The van der Waals surface area contributed by atoms with Crippen molar-refractivity contribution in [3.63, 3.8) is 0 Å². The number of carboxylic acid groups (broad SMARTS) is 1. The Kier molecular flexibility index (Phi) is 3.52. The van der Waals surface area contributed by atoms with Gasteiger partial charge in [-0.15, -0.1) is 0 Å². The lowest BCUT2D eigenvalue weighted by Gasteiger charge is -2.02. The molecule has 2 aromatic rings. The van der Waals surface area contributed by atoms with Crippen LogP contribution in [-0.4, -0.2) is 26.2 Å². The third-order valence-corrected chi connectivity index (χ3v) is 2.14. The molecule has 0 aliphatic rings. The highest BCUT2D eigenvalue weighted by Crippen LogP contribution is 2.11. The molecular weight excluding hydrogens is 238 g/mol. The lowest BCUT2D eigenvalue weighted by Crippen LogP contribution is -2.01. The van der Waals surface area contributed by atoms with Crippen molar-refractivity contribution in [3.05, 3.63) is 35.7 Å². The highest BCUT2D eigenvalue weighted by molar-refractivity contribution is 5.85. The Morgan fingerprint density at radius 2 is 2.33 bits per heavy atom. The van der Waals surface area contributed by atoms with Crippen molar-refractivity contribution < 1.29 is 19.2 Å². The minimum absolute atomic E-state index is 0.0339. The Morgan fingerprint density at radius 1 is 1.50 bits per heavy atom. The molecule has 0 spiro atoms. The van der Waals surface area contributed by atoms with Crippen LogP contribution >= 0.6 is 0 Å². The fourth-order valence-electron chi connectivity index (χ4n) is 1.23. The summed E-state index contributed by atoms with van der Waals surface area (Å²) in [6, 6.07) is 2.89. The van der Waals surface area contributed by atoms with Gasteiger partial charge in [-0.05, 0) is 12.1 Å². The molecule has 7 heteroatoms. The maximum absolute atomic E-state index is 10.6. The minimum Gasteiger partial charge on any atom is -0.482 e. The normalized spacial score (nSPS) is 10.3. The average Bonchev–Trinajstić information content (AvgIpc) is 2.85. The van der Waals surface area contributed by atoms with Crippen molar-refractivity contribution in [2.75, 3.05) is 0 Å². The monoisotopic (exact) mass is 249 g/mol. The molecule has 0 aromatic carbocycles. The zero-order valence-corrected chi connectivity index (χ0v) is 9.66. The van der Waals surface area contributed by atoms with Crippen LogP contribution in [0.5, 0.6) is 5.75 Å². The van der Waals surface area contributed by atoms with E-state index in [1.165, 1.54) is 18.3 Å². The number of aryl methyl sites for hydroxylation is 1. The Hall–Kier alpha value is -2.44. The number of aromatic carboxylic acids is 1. The first-order valence-electron chi connectivity index (χ1n) is 5.32. The summed E-state index contributed by atoms with van der Waals surface area (Å²) >= 11 is 0. The molecule has 0 saturated heterocycles. The van der Waals surface area contributed by atoms with Gasteiger partial charge in [0.15, 0.2) is 12.4 Å². The molecule has 7 nitrogen and oxygen atoms in total. The molecule has 0 fully saturated rings. The van der Waals surface area contributed by atoms with Gasteiger partial charge in [0.05, 0.1) is 6.20 Å². The summed E-state index contributed by atoms with van der Waals surface area (Å²) in [7, 11) is 0. The molecule has 2 aromatic heterocycles. The van der Waals surface area contributed by atoms with Crippen LogP contribution in [0.2, 0.25) is 0 Å². The predicted molar refractivity (Wildman–Crippen MR) is 59.2 cm³/mol. The van der Waals surface area contributed by atoms with Gasteiger partial charge < -0.3 is 14.4 Å². The zero-order chi connectivity index (χ0) is 13.0. The maximum Gasteiger partial charge on any atom is 0.354 e. The lowest BCUT2D eigenvalue weighted by molar-refractivity contribution is 0.0690. The minimum atomic E-state index is -1.08. The summed E-state index contributed by atoms with van der Waals surface area (Å²) in [5.41, 5.74) is -0.0339. The first-order chi connectivity index (χ1) is 8.69. The molecule has 0 amide bonds. The van der Waals surface area contributed by atoms with Gasteiger partial charge in [-0.3, -0.25) is 0 Å². The zero-order valence-electron chi connectivity index (χ0n) is 9.66. The third kappa shape index (κ3) is 2.82. The number of hydrogen-bond acceptors (Lipinski definition) is 6. The molecule has 0 bridgehead atoms. The second-order valence-corrected chi connectivity index (χ2v) is 3.43. The van der Waals surface area contributed by atoms with Crippen molar-refractivity contribution >= 4 is 5.97 Å². The summed E-state index contributed by atoms with van der Waals surface area (Å²) in [4.78, 5) is 18.4. The molecule has 0 atom stereocenters. The largest absolute Gasteiger partial charge is 0.482 e. The van der Waals surface area contributed by atoms with E-state index in [2.05, 4.69) is 15.1 Å². The van der Waals surface area contributed by atoms with Gasteiger partial charge in [0, 0.05) is 6.42 Å². The number of aromatic nitrogens is 3. The van der Waals surface area contributed by atoms with Crippen molar-refractivity contribution in [2.24, 2.45) is 0 Å². The van der Waals surface area contributed by atoms with Crippen LogP contribution in [0.4, 0.5) is 0 Å². The van der Waals surface area contributed by atoms with E-state index < -0.39 is 5.97 Å². The fourth-order valence-corrected chi connectivity index (χ4v) is 1.23. The summed E-state index contributed by atoms with van der Waals surface area (Å²) in [6.07, 6.45) is 2.03. The molecule has 0 unspecified atom stereocenters. The number of ether oxygens (including phenoxy) is 1. The van der Waals surface area contributed by atoms with Gasteiger partial charge in [0.1, 0.15) is 11.4 Å². The number of nitrogens with zero attached hydrogens (tertiary/aromatic N) is 3. The van der Waals surface area contributed by atoms with Gasteiger partial charge in [-0.2, -0.15) is 4.98 Å². The van der Waals surface area contributed by atoms with Crippen LogP contribution in [-0.2, 0) is 13.0 Å². The molecular formula is C11H11N3O4. The molecule has 0 radical (unpaired) electrons. The molecule has 18 heavy (non-hydrogen) atoms. The molecule has 2 heterocycles. The van der Waals surface area contributed by atoms with E-state index in [9.17, 15) is 4.79 Å². The maximum atomic E-state index is 10.6. The van der Waals surface area contributed by atoms with Crippen molar-refractivity contribution in [1.29, 1.82) is 0 Å². The van der Waals surface area contributed by atoms with Gasteiger partial charge >= 0.3 is 5.97 Å². The smallest absolute Gasteiger partial charge is 0.354 e. The molecule has 0 saturated carbocycles. The van der Waals surface area contributed by atoms with E-state index in [-0.39, 0.29) is 12.3 Å². The topological polar surface area (TPSA) is 98.3 Å². The summed E-state index contributed by atoms with van der Waals surface area (Å²) < 4.78 is 10.3. The van der Waals surface area contributed by atoms with Crippen LogP contribution in [0.25, 0.3) is 0 Å². The van der Waals surface area contributed by atoms with Gasteiger partial charge in [0.2, 0.25) is 0 Å². The van der Waals surface area contributed by atoms with Crippen LogP contribution in [0.3, 0.4) is 0 Å². The number of carbonyl (C=O) groups is 1. The molecule has 2 rings (SSSR count). The van der Waals surface area contributed by atoms with E-state index in [4.69, 9.17) is 14.4 Å². The van der Waals surface area contributed by atoms with E-state index in [1.54, 1.807) is 0 Å². The first-order valence-corrected chi connectivity index (χ1v) is 5.32. The SMILES string of the molecule is CCc1noc(COc2ccc(C(=O)O)nc2)n1. The van der Waals surface area contributed by atoms with Gasteiger partial charge in [-0.1, -0.05) is 12.1 Å². The number of rotatable bonds is 5. The van der Waals surface area contributed by atoms with Crippen molar-refractivity contribution in [1.82, 2.24) is 15.1 Å². The Labute approximate surface area is 102 Å². The second kappa shape index (κ2) is 5.26. The fraction of sp³-hybridized carbons (Fsp3) is 0.273. The highest BCUT2D eigenvalue weighted by atomic mass is 16.5. The molecule has 0 aliphatic heterocycles. The Bertz CT molecular complexity index is 535. The van der Waals surface area contributed by atoms with Crippen LogP contribution < -0.4 is 4.74 Å². The predicted octanol–water partition coefficient (Wildman–Crippen LogP) is 1.30. The van der Waals surface area contributed by atoms with Crippen LogP contribution in [0.15, 0.2) is 22.9 Å². The van der Waals surface area contributed by atoms with E-state index >= 15 is 0 Å². The van der Waals surface area contributed by atoms with Gasteiger partial charge in [-0.25, -0.2) is 9.78 Å². The molecule has 94 valence electrons. The number of pyridine rings is 1. The van der Waals surface area contributed by atoms with Crippen molar-refractivity contribution in [3.8, 4) is 5.75 Å². The second-order valence-electron chi connectivity index (χ2n) is 3.43. The molecule has 1 N–H and O–H groups in total. The standard InChI is InChI=1S/C11H11N3O4/c1-2-9-13-10(18-14-9)6-17-7-3-4-8(11(15)16)12-5-7/h3-5H,2,6H2,1H3,(H,15,16). The van der Waals surface area contributed by atoms with E-state index in [0.29, 0.717) is 23.9 Å². The van der Waals surface area contributed by atoms with E-state index in [1.807, 2.05) is 6.92 Å². The highest BCUT2D eigenvalue weighted by Gasteiger charge is 2.07. The summed E-state index contributed by atoms with van der Waals surface area (Å²) in [6.45, 7) is 2.05. The summed E-state index contributed by atoms with van der Waals surface area (Å²) in [5, 5.41) is 12.4. The lowest BCUT2D eigenvalue weighted by atomic mass is 10.3. The van der Waals surface area contributed by atoms with E-state index in [0.717, 1.165) is 0 Å². The third-order valence-electron chi connectivity index (χ3n) is 2.14. The average molecular weight is 249 g/mol. The van der Waals surface area contributed by atoms with Crippen LogP contribution in [0.1, 0.15) is 29.1 Å².